The molecule has 0 fully saturated rings. The normalized spacial score (nSPS) is 13.2. The largest absolute Gasteiger partial charge is 0.343 e. The second-order valence-corrected chi connectivity index (χ2v) is 6.26. The van der Waals surface area contributed by atoms with E-state index in [0.29, 0.717) is 5.82 Å². The van der Waals surface area contributed by atoms with Crippen molar-refractivity contribution in [2.45, 2.75) is 46.1 Å². The summed E-state index contributed by atoms with van der Waals surface area (Å²) in [7, 11) is 1.87. The molecule has 2 rings (SSSR count). The van der Waals surface area contributed by atoms with E-state index >= 15 is 0 Å². The molecule has 0 saturated heterocycles. The van der Waals surface area contributed by atoms with Gasteiger partial charge in [-0.2, -0.15) is 5.10 Å². The summed E-state index contributed by atoms with van der Waals surface area (Å²) in [6.45, 7) is 9.92. The van der Waals surface area contributed by atoms with Crippen molar-refractivity contribution in [3.05, 3.63) is 29.1 Å². The van der Waals surface area contributed by atoms with E-state index in [-0.39, 0.29) is 23.2 Å². The Morgan fingerprint density at radius 3 is 2.57 bits per heavy atom. The molecule has 0 radical (unpaired) electrons. The van der Waals surface area contributed by atoms with E-state index in [1.165, 1.54) is 0 Å². The number of carbonyl (C=O) groups is 1. The first-order chi connectivity index (χ1) is 9.70. The number of hydrogen-bond acceptors (Lipinski definition) is 4. The van der Waals surface area contributed by atoms with E-state index in [4.69, 9.17) is 0 Å². The van der Waals surface area contributed by atoms with E-state index < -0.39 is 0 Å². The Labute approximate surface area is 124 Å². The second-order valence-electron chi connectivity index (χ2n) is 6.26. The van der Waals surface area contributed by atoms with Crippen LogP contribution < -0.4 is 5.32 Å². The van der Waals surface area contributed by atoms with Gasteiger partial charge in [0.2, 0.25) is 5.82 Å². The van der Waals surface area contributed by atoms with Crippen LogP contribution in [0.3, 0.4) is 0 Å². The third-order valence-corrected chi connectivity index (χ3v) is 3.49. The smallest absolute Gasteiger partial charge is 0.291 e. The van der Waals surface area contributed by atoms with Crippen molar-refractivity contribution >= 4 is 5.91 Å². The van der Waals surface area contributed by atoms with Crippen molar-refractivity contribution in [1.82, 2.24) is 30.3 Å². The molecule has 1 unspecified atom stereocenters. The van der Waals surface area contributed by atoms with Gasteiger partial charge in [0.25, 0.3) is 5.91 Å². The number of nitrogens with zero attached hydrogens (tertiary/aromatic N) is 4. The Morgan fingerprint density at radius 2 is 2.10 bits per heavy atom. The monoisotopic (exact) mass is 290 g/mol. The van der Waals surface area contributed by atoms with Crippen LogP contribution in [0, 0.1) is 6.92 Å². The van der Waals surface area contributed by atoms with Crippen molar-refractivity contribution in [3.63, 3.8) is 0 Å². The molecular weight excluding hydrogens is 268 g/mol. The van der Waals surface area contributed by atoms with Gasteiger partial charge in [-0.1, -0.05) is 20.8 Å². The second kappa shape index (κ2) is 5.31. The number of rotatable bonds is 3. The molecule has 7 nitrogen and oxygen atoms in total. The standard InChI is InChI=1S/C14H22N6O/c1-8(10-7-15-20(6)9(10)2)16-12(21)11-17-13(19-18-11)14(3,4)5/h7-8H,1-6H3,(H,16,21)(H,17,18,19). The van der Waals surface area contributed by atoms with Crippen LogP contribution in [0.2, 0.25) is 0 Å². The van der Waals surface area contributed by atoms with Gasteiger partial charge in [-0.15, -0.1) is 5.10 Å². The third kappa shape index (κ3) is 3.12. The Hall–Kier alpha value is -2.18. The van der Waals surface area contributed by atoms with Gasteiger partial charge in [0, 0.05) is 23.7 Å². The number of aromatic nitrogens is 5. The van der Waals surface area contributed by atoms with Crippen LogP contribution in [0.25, 0.3) is 0 Å². The molecule has 114 valence electrons. The van der Waals surface area contributed by atoms with Crippen LogP contribution in [0.1, 0.15) is 61.4 Å². The van der Waals surface area contributed by atoms with E-state index in [1.54, 1.807) is 10.9 Å². The van der Waals surface area contributed by atoms with E-state index in [1.807, 2.05) is 41.7 Å². The summed E-state index contributed by atoms with van der Waals surface area (Å²) in [5, 5.41) is 13.9. The first-order valence-electron chi connectivity index (χ1n) is 6.92. The van der Waals surface area contributed by atoms with Crippen LogP contribution in [-0.4, -0.2) is 30.9 Å². The van der Waals surface area contributed by atoms with Gasteiger partial charge in [-0.3, -0.25) is 14.6 Å². The lowest BCUT2D eigenvalue weighted by Gasteiger charge is -2.13. The number of H-pyrrole nitrogens is 1. The summed E-state index contributed by atoms with van der Waals surface area (Å²) in [4.78, 5) is 16.5. The minimum atomic E-state index is -0.294. The molecule has 0 aromatic carbocycles. The van der Waals surface area contributed by atoms with Gasteiger partial charge in [0.05, 0.1) is 12.2 Å². The minimum Gasteiger partial charge on any atom is -0.343 e. The lowest BCUT2D eigenvalue weighted by Crippen LogP contribution is -2.28. The van der Waals surface area contributed by atoms with Crippen LogP contribution in [-0.2, 0) is 12.5 Å². The van der Waals surface area contributed by atoms with Crippen molar-refractivity contribution < 1.29 is 4.79 Å². The number of hydrogen-bond donors (Lipinski definition) is 2. The van der Waals surface area contributed by atoms with E-state index in [2.05, 4.69) is 25.6 Å². The lowest BCUT2D eigenvalue weighted by molar-refractivity contribution is 0.0929. The maximum absolute atomic E-state index is 12.2. The van der Waals surface area contributed by atoms with Crippen LogP contribution in [0.4, 0.5) is 0 Å². The van der Waals surface area contributed by atoms with E-state index in [0.717, 1.165) is 11.3 Å². The first-order valence-corrected chi connectivity index (χ1v) is 6.92. The highest BCUT2D eigenvalue weighted by Crippen LogP contribution is 2.18. The average molecular weight is 290 g/mol. The molecule has 0 aliphatic carbocycles. The molecule has 2 heterocycles. The van der Waals surface area contributed by atoms with Crippen molar-refractivity contribution in [2.24, 2.45) is 7.05 Å². The number of aryl methyl sites for hydroxylation is 1. The molecule has 0 aliphatic rings. The average Bonchev–Trinajstić information content (AvgIpc) is 2.97. The zero-order valence-electron chi connectivity index (χ0n) is 13.4. The van der Waals surface area contributed by atoms with Gasteiger partial charge >= 0.3 is 0 Å². The molecule has 0 bridgehead atoms. The number of carbonyl (C=O) groups excluding carboxylic acids is 1. The Balaban J connectivity index is 2.11. The highest BCUT2D eigenvalue weighted by molar-refractivity contribution is 5.90. The molecule has 0 saturated carbocycles. The summed E-state index contributed by atoms with van der Waals surface area (Å²) in [5.41, 5.74) is 1.84. The predicted octanol–water partition coefficient (Wildman–Crippen LogP) is 1.64. The molecule has 7 heteroatoms. The summed E-state index contributed by atoms with van der Waals surface area (Å²) in [6.07, 6.45) is 1.76. The fourth-order valence-electron chi connectivity index (χ4n) is 1.98. The zero-order valence-corrected chi connectivity index (χ0v) is 13.4. The molecule has 21 heavy (non-hydrogen) atoms. The predicted molar refractivity (Wildman–Crippen MR) is 78.9 cm³/mol. The van der Waals surface area contributed by atoms with Gasteiger partial charge < -0.3 is 5.32 Å². The fourth-order valence-corrected chi connectivity index (χ4v) is 1.98. The Morgan fingerprint density at radius 1 is 1.43 bits per heavy atom. The van der Waals surface area contributed by atoms with Gasteiger partial charge in [-0.25, -0.2) is 4.98 Å². The lowest BCUT2D eigenvalue weighted by atomic mass is 9.96. The fraction of sp³-hybridized carbons (Fsp3) is 0.571. The van der Waals surface area contributed by atoms with Crippen LogP contribution in [0.15, 0.2) is 6.20 Å². The quantitative estimate of drug-likeness (QED) is 0.899. The molecule has 1 amide bonds. The Kier molecular flexibility index (Phi) is 3.85. The molecule has 2 aromatic rings. The van der Waals surface area contributed by atoms with Crippen molar-refractivity contribution in [2.75, 3.05) is 0 Å². The molecule has 0 aliphatic heterocycles. The van der Waals surface area contributed by atoms with Crippen molar-refractivity contribution in [3.8, 4) is 0 Å². The zero-order chi connectivity index (χ0) is 15.8. The third-order valence-electron chi connectivity index (χ3n) is 3.49. The van der Waals surface area contributed by atoms with Gasteiger partial charge in [0.15, 0.2) is 0 Å². The summed E-state index contributed by atoms with van der Waals surface area (Å²) in [6, 6.07) is -0.150. The number of amides is 1. The van der Waals surface area contributed by atoms with E-state index in [9.17, 15) is 4.79 Å². The highest BCUT2D eigenvalue weighted by atomic mass is 16.2. The van der Waals surface area contributed by atoms with Crippen molar-refractivity contribution in [1.29, 1.82) is 0 Å². The summed E-state index contributed by atoms with van der Waals surface area (Å²) < 4.78 is 1.78. The van der Waals surface area contributed by atoms with Gasteiger partial charge in [0.1, 0.15) is 5.82 Å². The summed E-state index contributed by atoms with van der Waals surface area (Å²) in [5.74, 6) is 0.559. The van der Waals surface area contributed by atoms with Crippen LogP contribution >= 0.6 is 0 Å². The minimum absolute atomic E-state index is 0.150. The molecule has 1 atom stereocenters. The maximum Gasteiger partial charge on any atom is 0.291 e. The first kappa shape index (κ1) is 15.2. The molecule has 2 aromatic heterocycles. The number of nitrogens with one attached hydrogen (secondary N) is 2. The highest BCUT2D eigenvalue weighted by Gasteiger charge is 2.22. The number of aromatic amines is 1. The maximum atomic E-state index is 12.2. The van der Waals surface area contributed by atoms with Crippen LogP contribution in [0.5, 0.6) is 0 Å². The molecular formula is C14H22N6O. The summed E-state index contributed by atoms with van der Waals surface area (Å²) >= 11 is 0. The molecule has 0 spiro atoms. The van der Waals surface area contributed by atoms with Gasteiger partial charge in [-0.05, 0) is 13.8 Å². The molecule has 2 N–H and O–H groups in total. The Bertz CT molecular complexity index is 649. The SMILES string of the molecule is Cc1c(C(C)NC(=O)c2n[nH]c(C(C)(C)C)n2)cnn1C. The topological polar surface area (TPSA) is 88.5 Å².